The molecule has 0 unspecified atom stereocenters. The van der Waals surface area contributed by atoms with E-state index in [0.29, 0.717) is 18.0 Å². The summed E-state index contributed by atoms with van der Waals surface area (Å²) in [6, 6.07) is 0. The van der Waals surface area contributed by atoms with E-state index in [2.05, 4.69) is 17.0 Å². The van der Waals surface area contributed by atoms with E-state index in [1.54, 1.807) is 11.8 Å². The summed E-state index contributed by atoms with van der Waals surface area (Å²) in [6.45, 7) is 5.93. The van der Waals surface area contributed by atoms with Gasteiger partial charge in [0.05, 0.1) is 0 Å². The lowest BCUT2D eigenvalue weighted by molar-refractivity contribution is 0.581. The minimum atomic E-state index is -3.38. The number of thiophene rings is 1. The van der Waals surface area contributed by atoms with Crippen LogP contribution in [-0.4, -0.2) is 33.5 Å². The SMILES string of the molecule is CCCNCc1scc(C)c1S(=O)(=O)NCCSC. The van der Waals surface area contributed by atoms with E-state index in [-0.39, 0.29) is 0 Å². The van der Waals surface area contributed by atoms with Crippen molar-refractivity contribution in [3.63, 3.8) is 0 Å². The maximum absolute atomic E-state index is 12.3. The normalized spacial score (nSPS) is 11.9. The lowest BCUT2D eigenvalue weighted by Crippen LogP contribution is -2.27. The summed E-state index contributed by atoms with van der Waals surface area (Å²) in [5, 5.41) is 5.17. The average Bonchev–Trinajstić information content (AvgIpc) is 2.72. The second-order valence-corrected chi connectivity index (χ2v) is 7.89. The van der Waals surface area contributed by atoms with Gasteiger partial charge < -0.3 is 5.32 Å². The van der Waals surface area contributed by atoms with Gasteiger partial charge in [-0.05, 0) is 37.1 Å². The highest BCUT2D eigenvalue weighted by atomic mass is 32.2. The van der Waals surface area contributed by atoms with Gasteiger partial charge in [-0.2, -0.15) is 11.8 Å². The quantitative estimate of drug-likeness (QED) is 0.684. The van der Waals surface area contributed by atoms with Gasteiger partial charge in [0.25, 0.3) is 0 Å². The maximum atomic E-state index is 12.3. The first-order valence-corrected chi connectivity index (χ1v) is 10.0. The van der Waals surface area contributed by atoms with Crippen molar-refractivity contribution < 1.29 is 8.42 Å². The number of thioether (sulfide) groups is 1. The summed E-state index contributed by atoms with van der Waals surface area (Å²) >= 11 is 3.13. The van der Waals surface area contributed by atoms with Crippen molar-refractivity contribution in [2.75, 3.05) is 25.1 Å². The van der Waals surface area contributed by atoms with E-state index >= 15 is 0 Å². The zero-order valence-electron chi connectivity index (χ0n) is 11.7. The summed E-state index contributed by atoms with van der Waals surface area (Å²) in [6.07, 6.45) is 3.00. The van der Waals surface area contributed by atoms with Crippen LogP contribution >= 0.6 is 23.1 Å². The molecule has 0 radical (unpaired) electrons. The van der Waals surface area contributed by atoms with Crippen molar-refractivity contribution in [1.82, 2.24) is 10.0 Å². The van der Waals surface area contributed by atoms with Crippen LogP contribution < -0.4 is 10.0 Å². The molecule has 0 atom stereocenters. The fourth-order valence-corrected chi connectivity index (χ4v) is 4.94. The molecule has 0 aliphatic carbocycles. The molecule has 0 aliphatic heterocycles. The van der Waals surface area contributed by atoms with Crippen LogP contribution in [0.15, 0.2) is 10.3 Å². The van der Waals surface area contributed by atoms with Crippen molar-refractivity contribution in [1.29, 1.82) is 0 Å². The fraction of sp³-hybridized carbons (Fsp3) is 0.667. The predicted octanol–water partition coefficient (Wildman–Crippen LogP) is 2.20. The van der Waals surface area contributed by atoms with Gasteiger partial charge >= 0.3 is 0 Å². The Bertz CT molecular complexity index is 483. The van der Waals surface area contributed by atoms with Gasteiger partial charge in [-0.15, -0.1) is 11.3 Å². The molecule has 1 heterocycles. The Morgan fingerprint density at radius 1 is 1.37 bits per heavy atom. The molecule has 110 valence electrons. The predicted molar refractivity (Wildman–Crippen MR) is 84.6 cm³/mol. The van der Waals surface area contributed by atoms with Gasteiger partial charge in [-0.25, -0.2) is 13.1 Å². The summed E-state index contributed by atoms with van der Waals surface area (Å²) in [4.78, 5) is 1.35. The molecule has 1 aromatic rings. The van der Waals surface area contributed by atoms with Gasteiger partial charge in [0.2, 0.25) is 10.0 Å². The van der Waals surface area contributed by atoms with Crippen LogP contribution in [0.3, 0.4) is 0 Å². The fourth-order valence-electron chi connectivity index (χ4n) is 1.70. The van der Waals surface area contributed by atoms with Gasteiger partial charge in [-0.1, -0.05) is 6.92 Å². The molecule has 2 N–H and O–H groups in total. The smallest absolute Gasteiger partial charge is 0.242 e. The van der Waals surface area contributed by atoms with E-state index in [1.165, 1.54) is 11.3 Å². The third-order valence-electron chi connectivity index (χ3n) is 2.57. The minimum Gasteiger partial charge on any atom is -0.312 e. The zero-order valence-corrected chi connectivity index (χ0v) is 14.1. The Balaban J connectivity index is 2.82. The van der Waals surface area contributed by atoms with E-state index in [9.17, 15) is 8.42 Å². The van der Waals surface area contributed by atoms with Gasteiger partial charge in [0, 0.05) is 23.7 Å². The minimum absolute atomic E-state index is 0.460. The second-order valence-electron chi connectivity index (χ2n) is 4.24. The molecule has 1 rings (SSSR count). The largest absolute Gasteiger partial charge is 0.312 e. The first-order valence-electron chi connectivity index (χ1n) is 6.29. The van der Waals surface area contributed by atoms with Crippen LogP contribution in [-0.2, 0) is 16.6 Å². The standard InChI is InChI=1S/C12H22N2O2S3/c1-4-5-13-8-11-12(10(2)9-18-11)19(15,16)14-6-7-17-3/h9,13-14H,4-8H2,1-3H3. The van der Waals surface area contributed by atoms with E-state index in [0.717, 1.165) is 29.2 Å². The van der Waals surface area contributed by atoms with Crippen molar-refractivity contribution in [2.24, 2.45) is 0 Å². The number of sulfonamides is 1. The van der Waals surface area contributed by atoms with Crippen molar-refractivity contribution in [2.45, 2.75) is 31.7 Å². The Hall–Kier alpha value is -0.0800. The molecule has 0 saturated carbocycles. The maximum Gasteiger partial charge on any atom is 0.242 e. The highest BCUT2D eigenvalue weighted by Gasteiger charge is 2.22. The van der Waals surface area contributed by atoms with E-state index in [1.807, 2.05) is 18.6 Å². The molecule has 19 heavy (non-hydrogen) atoms. The van der Waals surface area contributed by atoms with Crippen LogP contribution in [0.2, 0.25) is 0 Å². The topological polar surface area (TPSA) is 58.2 Å². The lowest BCUT2D eigenvalue weighted by atomic mass is 10.3. The zero-order chi connectivity index (χ0) is 14.3. The van der Waals surface area contributed by atoms with Crippen LogP contribution in [0.4, 0.5) is 0 Å². The Morgan fingerprint density at radius 3 is 2.74 bits per heavy atom. The molecule has 0 amide bonds. The number of rotatable bonds is 9. The highest BCUT2D eigenvalue weighted by molar-refractivity contribution is 7.98. The van der Waals surface area contributed by atoms with E-state index in [4.69, 9.17) is 0 Å². The van der Waals surface area contributed by atoms with Crippen LogP contribution in [0.25, 0.3) is 0 Å². The van der Waals surface area contributed by atoms with Gasteiger partial charge in [-0.3, -0.25) is 0 Å². The average molecular weight is 323 g/mol. The first kappa shape index (κ1) is 17.0. The van der Waals surface area contributed by atoms with Crippen LogP contribution in [0, 0.1) is 6.92 Å². The van der Waals surface area contributed by atoms with Gasteiger partial charge in [0.1, 0.15) is 4.90 Å². The van der Waals surface area contributed by atoms with Crippen molar-refractivity contribution in [3.8, 4) is 0 Å². The summed E-state index contributed by atoms with van der Waals surface area (Å²) < 4.78 is 27.3. The molecule has 1 aromatic heterocycles. The summed E-state index contributed by atoms with van der Waals surface area (Å²) in [5.74, 6) is 0.784. The molecule has 0 spiro atoms. The summed E-state index contributed by atoms with van der Waals surface area (Å²) in [5.41, 5.74) is 0.829. The first-order chi connectivity index (χ1) is 9.03. The molecule has 4 nitrogen and oxygen atoms in total. The number of aryl methyl sites for hydroxylation is 1. The molecule has 0 aromatic carbocycles. The second kappa shape index (κ2) is 8.26. The van der Waals surface area contributed by atoms with Crippen LogP contribution in [0.1, 0.15) is 23.8 Å². The Morgan fingerprint density at radius 2 is 2.11 bits per heavy atom. The number of hydrogen-bond acceptors (Lipinski definition) is 5. The third kappa shape index (κ3) is 5.07. The summed E-state index contributed by atoms with van der Waals surface area (Å²) in [7, 11) is -3.38. The van der Waals surface area contributed by atoms with Crippen molar-refractivity contribution >= 4 is 33.1 Å². The molecule has 0 saturated heterocycles. The Kier molecular flexibility index (Phi) is 7.38. The molecular weight excluding hydrogens is 300 g/mol. The van der Waals surface area contributed by atoms with Gasteiger partial charge in [0.15, 0.2) is 0 Å². The Labute approximate surface area is 124 Å². The van der Waals surface area contributed by atoms with E-state index < -0.39 is 10.0 Å². The van der Waals surface area contributed by atoms with Crippen LogP contribution in [0.5, 0.6) is 0 Å². The third-order valence-corrected chi connectivity index (χ3v) is 6.10. The monoisotopic (exact) mass is 322 g/mol. The molecule has 7 heteroatoms. The molecule has 0 fully saturated rings. The van der Waals surface area contributed by atoms with Crippen molar-refractivity contribution in [3.05, 3.63) is 15.8 Å². The highest BCUT2D eigenvalue weighted by Crippen LogP contribution is 2.26. The number of nitrogens with one attached hydrogen (secondary N) is 2. The molecule has 0 aliphatic rings. The molecular formula is C12H22N2O2S3. The molecule has 0 bridgehead atoms. The lowest BCUT2D eigenvalue weighted by Gasteiger charge is -2.09. The number of hydrogen-bond donors (Lipinski definition) is 2.